The Morgan fingerprint density at radius 1 is 1.15 bits per heavy atom. The molecule has 2 aromatic rings. The van der Waals surface area contributed by atoms with Crippen LogP contribution in [0.1, 0.15) is 42.1 Å². The predicted octanol–water partition coefficient (Wildman–Crippen LogP) is 4.01. The van der Waals surface area contributed by atoms with Crippen LogP contribution in [0.5, 0.6) is 0 Å². The molecule has 0 aromatic heterocycles. The lowest BCUT2D eigenvalue weighted by molar-refractivity contribution is -0.0933. The van der Waals surface area contributed by atoms with Crippen molar-refractivity contribution in [3.8, 4) is 0 Å². The second-order valence-electron chi connectivity index (χ2n) is 7.32. The van der Waals surface area contributed by atoms with E-state index in [1.807, 2.05) is 60.4 Å². The number of benzene rings is 2. The number of amides is 1. The van der Waals surface area contributed by atoms with Crippen molar-refractivity contribution in [3.05, 3.63) is 71.8 Å². The van der Waals surface area contributed by atoms with Crippen LogP contribution in [0.2, 0.25) is 0 Å². The maximum atomic E-state index is 13.0. The molecule has 0 N–H and O–H groups in total. The van der Waals surface area contributed by atoms with Crippen LogP contribution >= 0.6 is 0 Å². The molecule has 2 aromatic carbocycles. The van der Waals surface area contributed by atoms with Crippen LogP contribution in [0.15, 0.2) is 60.7 Å². The second-order valence-corrected chi connectivity index (χ2v) is 7.32. The molecule has 4 rings (SSSR count). The van der Waals surface area contributed by atoms with Crippen molar-refractivity contribution in [2.75, 3.05) is 6.54 Å². The summed E-state index contributed by atoms with van der Waals surface area (Å²) < 4.78 is 12.4. The third kappa shape index (κ3) is 3.39. The van der Waals surface area contributed by atoms with Crippen molar-refractivity contribution in [2.24, 2.45) is 0 Å². The van der Waals surface area contributed by atoms with Gasteiger partial charge in [0.2, 0.25) is 0 Å². The van der Waals surface area contributed by atoms with Gasteiger partial charge in [-0.15, -0.1) is 0 Å². The van der Waals surface area contributed by atoms with Crippen molar-refractivity contribution in [1.29, 1.82) is 0 Å². The highest BCUT2D eigenvalue weighted by molar-refractivity contribution is 5.94. The number of carbonyl (C=O) groups excluding carboxylic acids is 1. The molecule has 2 fully saturated rings. The molecule has 1 spiro atoms. The summed E-state index contributed by atoms with van der Waals surface area (Å²) in [5.74, 6) is 0.0543. The molecule has 2 aliphatic rings. The van der Waals surface area contributed by atoms with E-state index in [2.05, 4.69) is 12.1 Å². The van der Waals surface area contributed by atoms with Gasteiger partial charge in [-0.05, 0) is 37.5 Å². The van der Waals surface area contributed by atoms with E-state index in [0.29, 0.717) is 13.2 Å². The molecule has 1 amide bonds. The number of hydrogen-bond acceptors (Lipinski definition) is 3. The van der Waals surface area contributed by atoms with Crippen molar-refractivity contribution in [2.45, 2.75) is 50.7 Å². The SMILES string of the molecule is C[C@H]1CN(C(=O)c2ccccc2)C2(CC[C@@H](OCc3ccccc3)C2)O1. The Morgan fingerprint density at radius 2 is 1.85 bits per heavy atom. The van der Waals surface area contributed by atoms with Gasteiger partial charge < -0.3 is 14.4 Å². The maximum Gasteiger partial charge on any atom is 0.256 e. The van der Waals surface area contributed by atoms with Crippen LogP contribution in [-0.2, 0) is 16.1 Å². The van der Waals surface area contributed by atoms with Crippen LogP contribution in [-0.4, -0.2) is 35.3 Å². The first-order valence-corrected chi connectivity index (χ1v) is 9.37. The first-order valence-electron chi connectivity index (χ1n) is 9.37. The first kappa shape index (κ1) is 17.3. The van der Waals surface area contributed by atoms with Crippen LogP contribution in [0.3, 0.4) is 0 Å². The monoisotopic (exact) mass is 351 g/mol. The summed E-state index contributed by atoms with van der Waals surface area (Å²) in [5.41, 5.74) is 1.37. The van der Waals surface area contributed by atoms with Gasteiger partial charge in [-0.25, -0.2) is 0 Å². The van der Waals surface area contributed by atoms with E-state index in [0.717, 1.165) is 24.8 Å². The average Bonchev–Trinajstić information content (AvgIpc) is 3.24. The molecule has 1 unspecified atom stereocenters. The third-order valence-corrected chi connectivity index (χ3v) is 5.35. The number of carbonyl (C=O) groups is 1. The minimum absolute atomic E-state index is 0.0514. The number of hydrogen-bond donors (Lipinski definition) is 0. The van der Waals surface area contributed by atoms with Crippen molar-refractivity contribution in [3.63, 3.8) is 0 Å². The Morgan fingerprint density at radius 3 is 2.58 bits per heavy atom. The summed E-state index contributed by atoms with van der Waals surface area (Å²) in [5, 5.41) is 0. The maximum absolute atomic E-state index is 13.0. The smallest absolute Gasteiger partial charge is 0.256 e. The molecule has 4 heteroatoms. The zero-order valence-corrected chi connectivity index (χ0v) is 15.1. The quantitative estimate of drug-likeness (QED) is 0.835. The van der Waals surface area contributed by atoms with E-state index < -0.39 is 5.72 Å². The molecular formula is C22H25NO3. The molecular weight excluding hydrogens is 326 g/mol. The molecule has 3 atom stereocenters. The molecule has 1 aliphatic heterocycles. The van der Waals surface area contributed by atoms with Crippen LogP contribution in [0.4, 0.5) is 0 Å². The van der Waals surface area contributed by atoms with Crippen molar-refractivity contribution in [1.82, 2.24) is 4.90 Å². The summed E-state index contributed by atoms with van der Waals surface area (Å²) in [4.78, 5) is 15.0. The van der Waals surface area contributed by atoms with Gasteiger partial charge in [0.25, 0.3) is 5.91 Å². The Bertz CT molecular complexity index is 748. The molecule has 1 saturated heterocycles. The molecule has 136 valence electrons. The van der Waals surface area contributed by atoms with Gasteiger partial charge >= 0.3 is 0 Å². The predicted molar refractivity (Wildman–Crippen MR) is 99.6 cm³/mol. The summed E-state index contributed by atoms with van der Waals surface area (Å²) in [6.07, 6.45) is 2.65. The Hall–Kier alpha value is -2.17. The van der Waals surface area contributed by atoms with E-state index in [-0.39, 0.29) is 18.1 Å². The largest absolute Gasteiger partial charge is 0.373 e. The average molecular weight is 351 g/mol. The minimum Gasteiger partial charge on any atom is -0.373 e. The molecule has 4 nitrogen and oxygen atoms in total. The molecule has 26 heavy (non-hydrogen) atoms. The standard InChI is InChI=1S/C22H25NO3/c1-17-15-23(21(24)19-10-6-3-7-11-19)22(26-17)13-12-20(14-22)25-16-18-8-4-2-5-9-18/h2-11,17,20H,12-16H2,1H3/t17-,20+,22?/m0/s1. The lowest BCUT2D eigenvalue weighted by Crippen LogP contribution is -2.46. The van der Waals surface area contributed by atoms with Gasteiger partial charge in [0, 0.05) is 18.5 Å². The van der Waals surface area contributed by atoms with Gasteiger partial charge in [-0.3, -0.25) is 4.79 Å². The zero-order chi connectivity index (χ0) is 18.0. The molecule has 0 radical (unpaired) electrons. The summed E-state index contributed by atoms with van der Waals surface area (Å²) in [6, 6.07) is 19.7. The third-order valence-electron chi connectivity index (χ3n) is 5.35. The van der Waals surface area contributed by atoms with Crippen molar-refractivity contribution < 1.29 is 14.3 Å². The molecule has 0 bridgehead atoms. The summed E-state index contributed by atoms with van der Waals surface area (Å²) in [6.45, 7) is 3.28. The molecule has 1 aliphatic carbocycles. The summed E-state index contributed by atoms with van der Waals surface area (Å²) in [7, 11) is 0. The van der Waals surface area contributed by atoms with Gasteiger partial charge in [-0.1, -0.05) is 48.5 Å². The highest BCUT2D eigenvalue weighted by Crippen LogP contribution is 2.43. The topological polar surface area (TPSA) is 38.8 Å². The van der Waals surface area contributed by atoms with E-state index in [9.17, 15) is 4.79 Å². The first-order chi connectivity index (χ1) is 12.7. The summed E-state index contributed by atoms with van der Waals surface area (Å²) >= 11 is 0. The fourth-order valence-corrected chi connectivity index (χ4v) is 4.13. The number of rotatable bonds is 4. The van der Waals surface area contributed by atoms with Gasteiger partial charge in [0.05, 0.1) is 18.8 Å². The molecule has 1 heterocycles. The highest BCUT2D eigenvalue weighted by Gasteiger charge is 2.52. The fourth-order valence-electron chi connectivity index (χ4n) is 4.13. The fraction of sp³-hybridized carbons (Fsp3) is 0.409. The Balaban J connectivity index is 1.45. The van der Waals surface area contributed by atoms with Gasteiger partial charge in [0.1, 0.15) is 5.72 Å². The Labute approximate surface area is 154 Å². The van der Waals surface area contributed by atoms with E-state index in [1.54, 1.807) is 0 Å². The highest BCUT2D eigenvalue weighted by atomic mass is 16.5. The second kappa shape index (κ2) is 7.22. The van der Waals surface area contributed by atoms with Crippen molar-refractivity contribution >= 4 is 5.91 Å². The molecule has 1 saturated carbocycles. The number of nitrogens with zero attached hydrogens (tertiary/aromatic N) is 1. The van der Waals surface area contributed by atoms with Crippen LogP contribution in [0.25, 0.3) is 0 Å². The minimum atomic E-state index is -0.520. The van der Waals surface area contributed by atoms with Crippen LogP contribution in [0, 0.1) is 0 Å². The normalized spacial score (nSPS) is 28.0. The van der Waals surface area contributed by atoms with Gasteiger partial charge in [-0.2, -0.15) is 0 Å². The van der Waals surface area contributed by atoms with E-state index in [4.69, 9.17) is 9.47 Å². The van der Waals surface area contributed by atoms with Gasteiger partial charge in [0.15, 0.2) is 0 Å². The number of ether oxygens (including phenoxy) is 2. The lowest BCUT2D eigenvalue weighted by atomic mass is 10.1. The van der Waals surface area contributed by atoms with E-state index >= 15 is 0 Å². The lowest BCUT2D eigenvalue weighted by Gasteiger charge is -2.33. The Kier molecular flexibility index (Phi) is 4.79. The van der Waals surface area contributed by atoms with E-state index in [1.165, 1.54) is 5.56 Å². The zero-order valence-electron chi connectivity index (χ0n) is 15.1. The van der Waals surface area contributed by atoms with Crippen LogP contribution < -0.4 is 0 Å².